The molecule has 37 heavy (non-hydrogen) atoms. The minimum Gasteiger partial charge on any atom is -0.504 e. The van der Waals surface area contributed by atoms with Gasteiger partial charge < -0.3 is 26.6 Å². The number of carbonyl (C=O) groups excluding carboxylic acids is 1. The van der Waals surface area contributed by atoms with Crippen molar-refractivity contribution in [3.63, 3.8) is 0 Å². The van der Waals surface area contributed by atoms with Gasteiger partial charge in [0.05, 0.1) is 12.6 Å². The average Bonchev–Trinajstić information content (AvgIpc) is 3.64. The quantitative estimate of drug-likeness (QED) is 0.356. The van der Waals surface area contributed by atoms with Crippen LogP contribution in [0.15, 0.2) is 41.4 Å². The van der Waals surface area contributed by atoms with Crippen LogP contribution in [-0.2, 0) is 18.4 Å². The van der Waals surface area contributed by atoms with Crippen LogP contribution in [0.4, 0.5) is 0 Å². The third kappa shape index (κ3) is 3.60. The van der Waals surface area contributed by atoms with Gasteiger partial charge in [-0.05, 0) is 86.2 Å². The molecule has 0 aromatic heterocycles. The second-order valence-corrected chi connectivity index (χ2v) is 11.7. The Morgan fingerprint density at radius 3 is 2.86 bits per heavy atom. The van der Waals surface area contributed by atoms with E-state index in [4.69, 9.17) is 16.2 Å². The highest BCUT2D eigenvalue weighted by atomic mass is 16.5. The van der Waals surface area contributed by atoms with Crippen LogP contribution >= 0.6 is 0 Å². The lowest BCUT2D eigenvalue weighted by Crippen LogP contribution is -2.69. The van der Waals surface area contributed by atoms with E-state index in [1.54, 1.807) is 6.07 Å². The number of aliphatic imine (C=N–C) groups is 1. The van der Waals surface area contributed by atoms with E-state index < -0.39 is 0 Å². The molecular formula is C29H35N5O3. The van der Waals surface area contributed by atoms with Crippen molar-refractivity contribution in [3.05, 3.63) is 58.7 Å². The summed E-state index contributed by atoms with van der Waals surface area (Å²) in [6.45, 7) is 2.60. The van der Waals surface area contributed by atoms with Crippen molar-refractivity contribution in [2.24, 2.45) is 28.3 Å². The molecule has 3 aliphatic carbocycles. The summed E-state index contributed by atoms with van der Waals surface area (Å²) in [4.78, 5) is 20.2. The number of phenols is 1. The highest BCUT2D eigenvalue weighted by Crippen LogP contribution is 2.64. The molecule has 2 aliphatic heterocycles. The van der Waals surface area contributed by atoms with Gasteiger partial charge in [0.2, 0.25) is 0 Å². The molecule has 2 aromatic carbocycles. The molecule has 8 nitrogen and oxygen atoms in total. The minimum absolute atomic E-state index is 0.0282. The molecule has 2 bridgehead atoms. The summed E-state index contributed by atoms with van der Waals surface area (Å²) in [6, 6.07) is 11.7. The van der Waals surface area contributed by atoms with Gasteiger partial charge in [0.15, 0.2) is 17.5 Å². The molecule has 3 fully saturated rings. The van der Waals surface area contributed by atoms with E-state index in [0.717, 1.165) is 43.7 Å². The highest BCUT2D eigenvalue weighted by Gasteiger charge is 2.66. The first-order valence-electron chi connectivity index (χ1n) is 13.7. The fourth-order valence-corrected chi connectivity index (χ4v) is 7.88. The van der Waals surface area contributed by atoms with E-state index >= 15 is 0 Å². The summed E-state index contributed by atoms with van der Waals surface area (Å²) in [5, 5.41) is 14.1. The topological polar surface area (TPSA) is 126 Å². The molecule has 1 spiro atoms. The normalized spacial score (nSPS) is 31.2. The number of piperidine rings is 1. The van der Waals surface area contributed by atoms with Crippen LogP contribution < -0.4 is 21.5 Å². The highest BCUT2D eigenvalue weighted by molar-refractivity contribution is 5.94. The molecule has 6 N–H and O–H groups in total. The number of rotatable bonds is 6. The monoisotopic (exact) mass is 501 g/mol. The number of hydrogen-bond acceptors (Lipinski definition) is 5. The number of phenolic OH excluding ortho intramolecular Hbond substituents is 1. The fraction of sp³-hybridized carbons (Fsp3) is 0.517. The van der Waals surface area contributed by atoms with Crippen LogP contribution in [0.5, 0.6) is 11.5 Å². The van der Waals surface area contributed by atoms with E-state index in [-0.39, 0.29) is 35.2 Å². The van der Waals surface area contributed by atoms with Gasteiger partial charge in [-0.25, -0.2) is 4.99 Å². The number of benzene rings is 2. The molecule has 194 valence electrons. The van der Waals surface area contributed by atoms with Crippen LogP contribution in [0.25, 0.3) is 0 Å². The zero-order valence-electron chi connectivity index (χ0n) is 21.0. The third-order valence-corrected chi connectivity index (χ3v) is 9.57. The van der Waals surface area contributed by atoms with Crippen LogP contribution in [0.1, 0.15) is 59.2 Å². The number of nitrogens with two attached hydrogens (primary N) is 2. The Balaban J connectivity index is 1.19. The average molecular weight is 502 g/mol. The van der Waals surface area contributed by atoms with Crippen LogP contribution in [0, 0.1) is 11.8 Å². The number of carbonyl (C=O) groups is 1. The van der Waals surface area contributed by atoms with Crippen molar-refractivity contribution in [1.29, 1.82) is 0 Å². The number of ether oxygens (including phenoxy) is 1. The Kier molecular flexibility index (Phi) is 5.19. The van der Waals surface area contributed by atoms with E-state index in [0.29, 0.717) is 29.8 Å². The first kappa shape index (κ1) is 22.9. The predicted octanol–water partition coefficient (Wildman–Crippen LogP) is 2.41. The summed E-state index contributed by atoms with van der Waals surface area (Å²) in [5.74, 6) is 2.13. The molecule has 1 amide bonds. The van der Waals surface area contributed by atoms with Gasteiger partial charge in [0.1, 0.15) is 6.10 Å². The Morgan fingerprint density at radius 1 is 1.19 bits per heavy atom. The maximum absolute atomic E-state index is 13.4. The number of likely N-dealkylation sites (tertiary alicyclic amines) is 1. The van der Waals surface area contributed by atoms with E-state index in [1.807, 2.05) is 24.3 Å². The number of guanidine groups is 1. The molecule has 8 heteroatoms. The maximum Gasteiger partial charge on any atom is 0.251 e. The molecule has 0 radical (unpaired) electrons. The molecule has 3 unspecified atom stereocenters. The van der Waals surface area contributed by atoms with Crippen molar-refractivity contribution in [2.75, 3.05) is 13.1 Å². The van der Waals surface area contributed by atoms with Crippen LogP contribution in [0.3, 0.4) is 0 Å². The standard InChI is InChI=1S/C29H35N5O3/c30-28(31)32-14-17-2-1-3-19(12-17)27(36)33-21-8-7-20-22-13-18-6-9-23(35)25-24(18)29(20,26(21)37-25)10-11-34(22)15-16-4-5-16/h1-3,6,9,12,16,20-22,26,35H,4-5,7-8,10-11,13-15H2,(H,33,36)(H4,30,31,32)/t20?,21-,22?,26?,29+/m1/s1. The number of amides is 1. The van der Waals surface area contributed by atoms with E-state index in [2.05, 4.69) is 21.3 Å². The fourth-order valence-electron chi connectivity index (χ4n) is 7.88. The number of nitrogens with zero attached hydrogens (tertiary/aromatic N) is 2. The van der Waals surface area contributed by atoms with Crippen molar-refractivity contribution in [1.82, 2.24) is 10.2 Å². The molecule has 7 rings (SSSR count). The van der Waals surface area contributed by atoms with Crippen LogP contribution in [0.2, 0.25) is 0 Å². The molecule has 1 saturated heterocycles. The van der Waals surface area contributed by atoms with Gasteiger partial charge in [-0.3, -0.25) is 9.69 Å². The van der Waals surface area contributed by atoms with Crippen molar-refractivity contribution in [3.8, 4) is 11.5 Å². The van der Waals surface area contributed by atoms with Gasteiger partial charge in [0, 0.05) is 29.1 Å². The Labute approximate surface area is 217 Å². The molecule has 2 saturated carbocycles. The van der Waals surface area contributed by atoms with E-state index in [1.165, 1.54) is 30.5 Å². The Bertz CT molecular complexity index is 1290. The lowest BCUT2D eigenvalue weighted by atomic mass is 9.51. The number of nitrogens with one attached hydrogen (secondary N) is 1. The second-order valence-electron chi connectivity index (χ2n) is 11.7. The largest absolute Gasteiger partial charge is 0.504 e. The smallest absolute Gasteiger partial charge is 0.251 e. The number of aromatic hydroxyl groups is 1. The van der Waals surface area contributed by atoms with Gasteiger partial charge in [-0.2, -0.15) is 0 Å². The van der Waals surface area contributed by atoms with Crippen molar-refractivity contribution < 1.29 is 14.6 Å². The summed E-state index contributed by atoms with van der Waals surface area (Å²) < 4.78 is 6.65. The summed E-state index contributed by atoms with van der Waals surface area (Å²) >= 11 is 0. The maximum atomic E-state index is 13.4. The molecular weight excluding hydrogens is 466 g/mol. The van der Waals surface area contributed by atoms with Gasteiger partial charge in [-0.15, -0.1) is 0 Å². The van der Waals surface area contributed by atoms with Crippen molar-refractivity contribution in [2.45, 2.75) is 68.7 Å². The number of hydrogen-bond donors (Lipinski definition) is 4. The zero-order valence-corrected chi connectivity index (χ0v) is 21.0. The lowest BCUT2D eigenvalue weighted by Gasteiger charge is -2.59. The summed E-state index contributed by atoms with van der Waals surface area (Å²) in [6.07, 6.45) is 6.51. The lowest BCUT2D eigenvalue weighted by molar-refractivity contribution is -0.0647. The second kappa shape index (κ2) is 8.38. The third-order valence-electron chi connectivity index (χ3n) is 9.57. The summed E-state index contributed by atoms with van der Waals surface area (Å²) in [5.41, 5.74) is 14.8. The first-order chi connectivity index (χ1) is 17.9. The SMILES string of the molecule is NC(N)=NCc1cccc(C(=O)N[C@@H]2CCC3C4Cc5ccc(O)c6c5[C@@]3(CCN4CC3CC3)C2O6)c1. The van der Waals surface area contributed by atoms with Gasteiger partial charge in [0.25, 0.3) is 5.91 Å². The van der Waals surface area contributed by atoms with Crippen LogP contribution in [-0.4, -0.2) is 53.2 Å². The van der Waals surface area contributed by atoms with Gasteiger partial charge >= 0.3 is 0 Å². The van der Waals surface area contributed by atoms with Gasteiger partial charge in [-0.1, -0.05) is 18.2 Å². The Morgan fingerprint density at radius 2 is 2.05 bits per heavy atom. The molecule has 2 heterocycles. The minimum atomic E-state index is -0.173. The molecule has 5 atom stereocenters. The van der Waals surface area contributed by atoms with Crippen molar-refractivity contribution >= 4 is 11.9 Å². The predicted molar refractivity (Wildman–Crippen MR) is 141 cm³/mol. The summed E-state index contributed by atoms with van der Waals surface area (Å²) in [7, 11) is 0. The first-order valence-corrected chi connectivity index (χ1v) is 13.7. The zero-order chi connectivity index (χ0) is 25.3. The van der Waals surface area contributed by atoms with E-state index in [9.17, 15) is 9.90 Å². The molecule has 5 aliphatic rings. The molecule has 2 aromatic rings. The Hall–Kier alpha value is -3.26.